The first kappa shape index (κ1) is 12.2. The van der Waals surface area contributed by atoms with E-state index in [1.165, 1.54) is 0 Å². The molecule has 0 saturated carbocycles. The van der Waals surface area contributed by atoms with Crippen LogP contribution in [-0.4, -0.2) is 33.9 Å². The highest BCUT2D eigenvalue weighted by atomic mass is 27.2. The highest BCUT2D eigenvalue weighted by molar-refractivity contribution is 6.19. The molecular weight excluding hydrogens is 243 g/mol. The molecule has 2 aliphatic heterocycles. The summed E-state index contributed by atoms with van der Waals surface area (Å²) >= 11 is -0.875. The number of para-hydroxylation sites is 1. The Morgan fingerprint density at radius 2 is 2.06 bits per heavy atom. The van der Waals surface area contributed by atoms with Crippen LogP contribution in [0.4, 0.5) is 5.69 Å². The molecule has 3 rings (SSSR count). The molecule has 0 radical (unpaired) electrons. The van der Waals surface area contributed by atoms with Crippen molar-refractivity contribution in [2.24, 2.45) is 11.0 Å². The lowest BCUT2D eigenvalue weighted by atomic mass is 9.94. The van der Waals surface area contributed by atoms with Gasteiger partial charge in [-0.05, 0) is 25.5 Å². The fraction of sp³-hybridized carbons (Fsp3) is 0.462. The van der Waals surface area contributed by atoms with E-state index < -0.39 is 15.9 Å². The minimum absolute atomic E-state index is 0.0396. The Morgan fingerprint density at radius 1 is 1.28 bits per heavy atom. The molecule has 1 aromatic rings. The predicted octanol–water partition coefficient (Wildman–Crippen LogP) is 1.92. The third-order valence-electron chi connectivity index (χ3n) is 3.64. The highest BCUT2D eigenvalue weighted by Crippen LogP contribution is 2.34. The van der Waals surface area contributed by atoms with Crippen LogP contribution in [0.5, 0.6) is 0 Å². The molecule has 3 atom stereocenters. The quantitative estimate of drug-likeness (QED) is 0.762. The van der Waals surface area contributed by atoms with Gasteiger partial charge in [0.15, 0.2) is 0 Å². The SMILES string of the molecule is CCC1[O][AlH][O]C2C1C(C)=NN2c1ccccc1. The second-order valence-corrected chi connectivity index (χ2v) is 5.64. The molecule has 3 unspecified atom stereocenters. The van der Waals surface area contributed by atoms with E-state index in [2.05, 4.69) is 31.1 Å². The third-order valence-corrected chi connectivity index (χ3v) is 4.68. The first-order valence-electron chi connectivity index (χ1n) is 6.44. The molecule has 0 spiro atoms. The summed E-state index contributed by atoms with van der Waals surface area (Å²) in [6, 6.07) is 10.2. The van der Waals surface area contributed by atoms with Crippen LogP contribution in [-0.2, 0) is 7.58 Å². The lowest BCUT2D eigenvalue weighted by molar-refractivity contribution is 0.00709. The monoisotopic (exact) mass is 260 g/mol. The van der Waals surface area contributed by atoms with Gasteiger partial charge in [0.2, 0.25) is 0 Å². The Morgan fingerprint density at radius 3 is 2.78 bits per heavy atom. The number of anilines is 1. The summed E-state index contributed by atoms with van der Waals surface area (Å²) in [5.74, 6) is 0.274. The van der Waals surface area contributed by atoms with Crippen molar-refractivity contribution in [3.8, 4) is 0 Å². The summed E-state index contributed by atoms with van der Waals surface area (Å²) in [7, 11) is 0. The van der Waals surface area contributed by atoms with Gasteiger partial charge >= 0.3 is 15.9 Å². The molecule has 2 aliphatic rings. The van der Waals surface area contributed by atoms with Gasteiger partial charge < -0.3 is 7.58 Å². The number of benzene rings is 1. The van der Waals surface area contributed by atoms with E-state index in [-0.39, 0.29) is 18.2 Å². The zero-order chi connectivity index (χ0) is 12.5. The lowest BCUT2D eigenvalue weighted by Crippen LogP contribution is -2.48. The molecule has 0 amide bonds. The summed E-state index contributed by atoms with van der Waals surface area (Å²) < 4.78 is 11.7. The fourth-order valence-electron chi connectivity index (χ4n) is 2.74. The van der Waals surface area contributed by atoms with Crippen LogP contribution >= 0.6 is 0 Å². The number of rotatable bonds is 2. The average molecular weight is 260 g/mol. The molecule has 0 N–H and O–H groups in total. The minimum Gasteiger partial charge on any atom is -0.478 e. The van der Waals surface area contributed by atoms with Crippen LogP contribution in [0.25, 0.3) is 0 Å². The second kappa shape index (κ2) is 5.02. The Hall–Kier alpha value is -0.858. The van der Waals surface area contributed by atoms with Gasteiger partial charge in [0.25, 0.3) is 0 Å². The number of hydrogen-bond donors (Lipinski definition) is 0. The molecule has 18 heavy (non-hydrogen) atoms. The standard InChI is InChI=1S/C13H16N2O2.Al.H/c1-3-11(16)12-9(2)14-15(13(12)17)10-7-5-4-6-8-10;;/h4-8,11-13H,3H2,1-2H3;;/q-2;+2;. The van der Waals surface area contributed by atoms with Crippen LogP contribution in [0.15, 0.2) is 35.4 Å². The van der Waals surface area contributed by atoms with Gasteiger partial charge in [0, 0.05) is 11.8 Å². The number of fused-ring (bicyclic) bond motifs is 1. The van der Waals surface area contributed by atoms with Gasteiger partial charge in [-0.25, -0.2) is 5.01 Å². The van der Waals surface area contributed by atoms with Crippen LogP contribution in [0.1, 0.15) is 20.3 Å². The van der Waals surface area contributed by atoms with Gasteiger partial charge in [-0.2, -0.15) is 5.10 Å². The summed E-state index contributed by atoms with van der Waals surface area (Å²) in [6.45, 7) is 4.24. The molecule has 0 bridgehead atoms. The minimum atomic E-state index is -0.875. The molecular formula is C13H17AlN2O2. The van der Waals surface area contributed by atoms with Gasteiger partial charge in [-0.1, -0.05) is 25.1 Å². The van der Waals surface area contributed by atoms with E-state index in [0.717, 1.165) is 17.8 Å². The number of nitrogens with zero attached hydrogens (tertiary/aromatic N) is 2. The van der Waals surface area contributed by atoms with Gasteiger partial charge in [0.05, 0.1) is 11.6 Å². The first-order chi connectivity index (χ1) is 8.81. The van der Waals surface area contributed by atoms with Crippen molar-refractivity contribution < 1.29 is 7.58 Å². The number of hydrazone groups is 1. The second-order valence-electron chi connectivity index (χ2n) is 4.74. The maximum Gasteiger partial charge on any atom is 0.651 e. The van der Waals surface area contributed by atoms with Crippen molar-refractivity contribution in [2.75, 3.05) is 5.01 Å². The van der Waals surface area contributed by atoms with E-state index in [4.69, 9.17) is 7.58 Å². The van der Waals surface area contributed by atoms with Crippen molar-refractivity contribution >= 4 is 27.3 Å². The Balaban J connectivity index is 1.91. The third kappa shape index (κ3) is 1.98. The zero-order valence-corrected chi connectivity index (χ0v) is 12.2. The van der Waals surface area contributed by atoms with Crippen LogP contribution < -0.4 is 5.01 Å². The van der Waals surface area contributed by atoms with Crippen molar-refractivity contribution in [1.82, 2.24) is 0 Å². The smallest absolute Gasteiger partial charge is 0.478 e. The molecule has 5 heteroatoms. The predicted molar refractivity (Wildman–Crippen MR) is 72.7 cm³/mol. The summed E-state index contributed by atoms with van der Waals surface area (Å²) in [5.41, 5.74) is 2.21. The van der Waals surface area contributed by atoms with Crippen molar-refractivity contribution in [2.45, 2.75) is 32.6 Å². The number of hydrogen-bond acceptors (Lipinski definition) is 4. The van der Waals surface area contributed by atoms with Crippen molar-refractivity contribution in [1.29, 1.82) is 0 Å². The topological polar surface area (TPSA) is 34.1 Å². The molecule has 0 aromatic heterocycles. The largest absolute Gasteiger partial charge is 0.651 e. The molecule has 1 fully saturated rings. The van der Waals surface area contributed by atoms with Crippen molar-refractivity contribution in [3.63, 3.8) is 0 Å². The summed E-state index contributed by atoms with van der Waals surface area (Å²) in [4.78, 5) is 0. The zero-order valence-electron chi connectivity index (χ0n) is 10.7. The Kier molecular flexibility index (Phi) is 3.40. The summed E-state index contributed by atoms with van der Waals surface area (Å²) in [6.07, 6.45) is 1.33. The maximum absolute atomic E-state index is 5.90. The van der Waals surface area contributed by atoms with Crippen LogP contribution in [0.3, 0.4) is 0 Å². The normalized spacial score (nSPS) is 30.7. The fourth-order valence-corrected chi connectivity index (χ4v) is 3.92. The molecule has 4 nitrogen and oxygen atoms in total. The Labute approximate surface area is 114 Å². The molecule has 1 aromatic carbocycles. The maximum atomic E-state index is 5.90. The molecule has 94 valence electrons. The lowest BCUT2D eigenvalue weighted by Gasteiger charge is -2.37. The van der Waals surface area contributed by atoms with Gasteiger partial charge in [0.1, 0.15) is 6.23 Å². The van der Waals surface area contributed by atoms with E-state index in [0.29, 0.717) is 0 Å². The Bertz CT molecular complexity index is 452. The highest BCUT2D eigenvalue weighted by Gasteiger charge is 2.44. The average Bonchev–Trinajstić information content (AvgIpc) is 2.77. The van der Waals surface area contributed by atoms with E-state index >= 15 is 0 Å². The van der Waals surface area contributed by atoms with Crippen molar-refractivity contribution in [3.05, 3.63) is 30.3 Å². The molecule has 0 aliphatic carbocycles. The van der Waals surface area contributed by atoms with E-state index in [1.54, 1.807) is 0 Å². The van der Waals surface area contributed by atoms with Gasteiger partial charge in [-0.3, -0.25) is 0 Å². The van der Waals surface area contributed by atoms with E-state index in [1.807, 2.05) is 23.2 Å². The molecule has 1 saturated heterocycles. The van der Waals surface area contributed by atoms with Crippen LogP contribution in [0.2, 0.25) is 0 Å². The first-order valence-corrected chi connectivity index (χ1v) is 7.59. The summed E-state index contributed by atoms with van der Waals surface area (Å²) in [5, 5.41) is 6.68. The van der Waals surface area contributed by atoms with Gasteiger partial charge in [-0.15, -0.1) is 0 Å². The molecule has 2 heterocycles. The van der Waals surface area contributed by atoms with Crippen LogP contribution in [0, 0.1) is 5.92 Å². The van der Waals surface area contributed by atoms with E-state index in [9.17, 15) is 0 Å².